The molecule has 0 saturated carbocycles. The van der Waals surface area contributed by atoms with Gasteiger partial charge in [-0.2, -0.15) is 0 Å². The monoisotopic (exact) mass is 445 g/mol. The van der Waals surface area contributed by atoms with Crippen LogP contribution in [0.5, 0.6) is 11.5 Å². The van der Waals surface area contributed by atoms with Crippen LogP contribution in [0.3, 0.4) is 0 Å². The van der Waals surface area contributed by atoms with E-state index in [-0.39, 0.29) is 12.4 Å². The standard InChI is InChI=1S/C25H28ClNO2.ClH/c1-3-28-24-16-22(17-27-14-13-20-7-5-4-6-8-20)15-23(26)25(24)29-18-21-11-9-19(2)10-12-21;/h4-12,15-16,27H,3,13-14,17-18H2,1-2H3;1H. The van der Waals surface area contributed by atoms with Gasteiger partial charge in [0.25, 0.3) is 0 Å². The number of benzene rings is 3. The van der Waals surface area contributed by atoms with Crippen LogP contribution < -0.4 is 14.8 Å². The summed E-state index contributed by atoms with van der Waals surface area (Å²) in [7, 11) is 0. The molecular weight excluding hydrogens is 417 g/mol. The van der Waals surface area contributed by atoms with Crippen molar-refractivity contribution in [2.75, 3.05) is 13.2 Å². The van der Waals surface area contributed by atoms with Gasteiger partial charge in [0.1, 0.15) is 6.61 Å². The number of nitrogens with one attached hydrogen (secondary N) is 1. The van der Waals surface area contributed by atoms with Gasteiger partial charge in [-0.05, 0) is 55.6 Å². The first kappa shape index (κ1) is 24.1. The molecule has 0 heterocycles. The summed E-state index contributed by atoms with van der Waals surface area (Å²) < 4.78 is 11.8. The topological polar surface area (TPSA) is 30.5 Å². The van der Waals surface area contributed by atoms with E-state index in [9.17, 15) is 0 Å². The molecule has 0 fully saturated rings. The van der Waals surface area contributed by atoms with Gasteiger partial charge in [0.15, 0.2) is 11.5 Å². The minimum atomic E-state index is 0. The number of ether oxygens (including phenoxy) is 2. The van der Waals surface area contributed by atoms with Crippen molar-refractivity contribution in [2.45, 2.75) is 33.4 Å². The van der Waals surface area contributed by atoms with E-state index < -0.39 is 0 Å². The second-order valence-corrected chi connectivity index (χ2v) is 7.43. The van der Waals surface area contributed by atoms with E-state index in [0.717, 1.165) is 30.6 Å². The van der Waals surface area contributed by atoms with Crippen LogP contribution in [0.1, 0.15) is 29.2 Å². The van der Waals surface area contributed by atoms with Gasteiger partial charge in [0.05, 0.1) is 11.6 Å². The molecule has 0 aliphatic rings. The summed E-state index contributed by atoms with van der Waals surface area (Å²) >= 11 is 6.54. The van der Waals surface area contributed by atoms with Gasteiger partial charge in [-0.25, -0.2) is 0 Å². The lowest BCUT2D eigenvalue weighted by atomic mass is 10.1. The maximum absolute atomic E-state index is 6.54. The first-order chi connectivity index (χ1) is 14.2. The molecule has 3 rings (SSSR count). The molecule has 3 nitrogen and oxygen atoms in total. The van der Waals surface area contributed by atoms with Crippen molar-refractivity contribution in [1.29, 1.82) is 0 Å². The normalized spacial score (nSPS) is 10.4. The second kappa shape index (κ2) is 12.5. The Kier molecular flexibility index (Phi) is 10.0. The van der Waals surface area contributed by atoms with Gasteiger partial charge in [-0.15, -0.1) is 12.4 Å². The summed E-state index contributed by atoms with van der Waals surface area (Å²) in [4.78, 5) is 0. The van der Waals surface area contributed by atoms with E-state index in [1.807, 2.05) is 25.1 Å². The van der Waals surface area contributed by atoms with Crippen molar-refractivity contribution in [2.24, 2.45) is 0 Å². The van der Waals surface area contributed by atoms with Crippen molar-refractivity contribution in [3.05, 3.63) is 94.0 Å². The van der Waals surface area contributed by atoms with Crippen LogP contribution in [0.15, 0.2) is 66.7 Å². The average Bonchev–Trinajstić information content (AvgIpc) is 2.73. The number of hydrogen-bond acceptors (Lipinski definition) is 3. The molecule has 0 atom stereocenters. The van der Waals surface area contributed by atoms with Crippen LogP contribution in [-0.2, 0) is 19.6 Å². The van der Waals surface area contributed by atoms with E-state index in [0.29, 0.717) is 29.7 Å². The van der Waals surface area contributed by atoms with Crippen molar-refractivity contribution < 1.29 is 9.47 Å². The highest BCUT2D eigenvalue weighted by atomic mass is 35.5. The smallest absolute Gasteiger partial charge is 0.180 e. The fourth-order valence-electron chi connectivity index (χ4n) is 3.08. The third kappa shape index (κ3) is 7.24. The van der Waals surface area contributed by atoms with Crippen molar-refractivity contribution in [1.82, 2.24) is 5.32 Å². The van der Waals surface area contributed by atoms with Gasteiger partial charge in [0.2, 0.25) is 0 Å². The SMILES string of the molecule is CCOc1cc(CNCCc2ccccc2)cc(Cl)c1OCc1ccc(C)cc1.Cl. The molecule has 0 radical (unpaired) electrons. The highest BCUT2D eigenvalue weighted by Crippen LogP contribution is 2.37. The predicted octanol–water partition coefficient (Wildman–Crippen LogP) is 6.38. The maximum atomic E-state index is 6.54. The van der Waals surface area contributed by atoms with Crippen LogP contribution in [0.2, 0.25) is 5.02 Å². The lowest BCUT2D eigenvalue weighted by Gasteiger charge is -2.16. The van der Waals surface area contributed by atoms with Gasteiger partial charge < -0.3 is 14.8 Å². The van der Waals surface area contributed by atoms with Crippen LogP contribution in [-0.4, -0.2) is 13.2 Å². The van der Waals surface area contributed by atoms with Crippen LogP contribution in [0.4, 0.5) is 0 Å². The molecule has 160 valence electrons. The van der Waals surface area contributed by atoms with Crippen LogP contribution in [0.25, 0.3) is 0 Å². The van der Waals surface area contributed by atoms with E-state index >= 15 is 0 Å². The summed E-state index contributed by atoms with van der Waals surface area (Å²) in [5.41, 5.74) is 4.73. The summed E-state index contributed by atoms with van der Waals surface area (Å²) in [6, 6.07) is 22.7. The van der Waals surface area contributed by atoms with Crippen LogP contribution >= 0.6 is 24.0 Å². The van der Waals surface area contributed by atoms with E-state index in [1.54, 1.807) is 0 Å². The zero-order valence-corrected chi connectivity index (χ0v) is 19.1. The minimum Gasteiger partial charge on any atom is -0.490 e. The number of rotatable bonds is 10. The van der Waals surface area contributed by atoms with Crippen molar-refractivity contribution >= 4 is 24.0 Å². The Labute approximate surface area is 190 Å². The first-order valence-corrected chi connectivity index (χ1v) is 10.4. The fourth-order valence-corrected chi connectivity index (χ4v) is 3.36. The second-order valence-electron chi connectivity index (χ2n) is 7.02. The number of halogens is 2. The highest BCUT2D eigenvalue weighted by molar-refractivity contribution is 6.32. The lowest BCUT2D eigenvalue weighted by Crippen LogP contribution is -2.16. The molecule has 0 aliphatic carbocycles. The fraction of sp³-hybridized carbons (Fsp3) is 0.280. The summed E-state index contributed by atoms with van der Waals surface area (Å²) in [5, 5.41) is 4.05. The Hall–Kier alpha value is -2.20. The van der Waals surface area contributed by atoms with Gasteiger partial charge >= 0.3 is 0 Å². The molecule has 3 aromatic carbocycles. The molecule has 30 heavy (non-hydrogen) atoms. The Morgan fingerprint density at radius 2 is 1.60 bits per heavy atom. The summed E-state index contributed by atoms with van der Waals surface area (Å²) in [5.74, 6) is 1.29. The van der Waals surface area contributed by atoms with Crippen LogP contribution in [0, 0.1) is 6.92 Å². The molecule has 0 aromatic heterocycles. The van der Waals surface area contributed by atoms with E-state index in [2.05, 4.69) is 60.8 Å². The quantitative estimate of drug-likeness (QED) is 0.367. The third-order valence-electron chi connectivity index (χ3n) is 4.64. The largest absolute Gasteiger partial charge is 0.490 e. The Morgan fingerprint density at radius 1 is 0.867 bits per heavy atom. The minimum absolute atomic E-state index is 0. The molecular formula is C25H29Cl2NO2. The number of aryl methyl sites for hydroxylation is 1. The maximum Gasteiger partial charge on any atom is 0.180 e. The molecule has 0 amide bonds. The van der Waals surface area contributed by atoms with Crippen molar-refractivity contribution in [3.8, 4) is 11.5 Å². The third-order valence-corrected chi connectivity index (χ3v) is 4.92. The van der Waals surface area contributed by atoms with Gasteiger partial charge in [-0.1, -0.05) is 71.8 Å². The Bertz CT molecular complexity index is 899. The lowest BCUT2D eigenvalue weighted by molar-refractivity contribution is 0.269. The van der Waals surface area contributed by atoms with Gasteiger partial charge in [-0.3, -0.25) is 0 Å². The molecule has 0 bridgehead atoms. The molecule has 3 aromatic rings. The molecule has 1 N–H and O–H groups in total. The zero-order valence-electron chi connectivity index (χ0n) is 17.5. The van der Waals surface area contributed by atoms with Gasteiger partial charge in [0, 0.05) is 6.54 Å². The summed E-state index contributed by atoms with van der Waals surface area (Å²) in [6.45, 7) is 6.67. The molecule has 5 heteroatoms. The average molecular weight is 446 g/mol. The Balaban J connectivity index is 0.00000320. The first-order valence-electron chi connectivity index (χ1n) is 10.0. The number of hydrogen-bond donors (Lipinski definition) is 1. The molecule has 0 spiro atoms. The van der Waals surface area contributed by atoms with E-state index in [1.165, 1.54) is 11.1 Å². The molecule has 0 aliphatic heterocycles. The Morgan fingerprint density at radius 3 is 2.30 bits per heavy atom. The summed E-state index contributed by atoms with van der Waals surface area (Å²) in [6.07, 6.45) is 0.991. The molecule has 0 unspecified atom stereocenters. The van der Waals surface area contributed by atoms with E-state index in [4.69, 9.17) is 21.1 Å². The molecule has 0 saturated heterocycles. The highest BCUT2D eigenvalue weighted by Gasteiger charge is 2.13. The predicted molar refractivity (Wildman–Crippen MR) is 127 cm³/mol. The zero-order chi connectivity index (χ0) is 20.5. The van der Waals surface area contributed by atoms with Crippen molar-refractivity contribution in [3.63, 3.8) is 0 Å².